The van der Waals surface area contributed by atoms with Crippen LogP contribution in [-0.4, -0.2) is 84.2 Å². The third-order valence-electron chi connectivity index (χ3n) is 6.35. The number of carbonyl (C=O) groups is 5. The first-order chi connectivity index (χ1) is 18.4. The van der Waals surface area contributed by atoms with E-state index in [1.165, 1.54) is 18.2 Å². The highest BCUT2D eigenvalue weighted by atomic mass is 16.5. The molecule has 0 atom stereocenters. The van der Waals surface area contributed by atoms with Gasteiger partial charge in [0.15, 0.2) is 0 Å². The Bertz CT molecular complexity index is 1340. The smallest absolute Gasteiger partial charge is 0.319 e. The molecule has 0 saturated carbocycles. The summed E-state index contributed by atoms with van der Waals surface area (Å²) in [6.07, 6.45) is 2.09. The number of nitrogens with zero attached hydrogens (tertiary/aromatic N) is 2. The number of aromatic amines is 1. The number of ether oxygens (including phenoxy) is 1. The number of hydrogen-bond acceptors (Lipinski definition) is 6. The summed E-state index contributed by atoms with van der Waals surface area (Å²) in [6.45, 7) is 1.47. The Morgan fingerprint density at radius 2 is 1.63 bits per heavy atom. The number of esters is 1. The lowest BCUT2D eigenvalue weighted by Gasteiger charge is -2.34. The number of para-hydroxylation sites is 1. The normalized spacial score (nSPS) is 13.2. The van der Waals surface area contributed by atoms with Gasteiger partial charge in [-0.25, -0.2) is 4.79 Å². The second-order valence-electron chi connectivity index (χ2n) is 8.77. The lowest BCUT2D eigenvalue weighted by Crippen LogP contribution is -2.52. The van der Waals surface area contributed by atoms with Gasteiger partial charge < -0.3 is 30.2 Å². The van der Waals surface area contributed by atoms with E-state index in [1.807, 2.05) is 6.07 Å². The number of urea groups is 1. The maximum Gasteiger partial charge on any atom is 0.319 e. The Balaban J connectivity index is 1.36. The lowest BCUT2D eigenvalue weighted by molar-refractivity contribution is -0.140. The van der Waals surface area contributed by atoms with Gasteiger partial charge in [0.25, 0.3) is 17.6 Å². The Morgan fingerprint density at radius 3 is 2.34 bits per heavy atom. The van der Waals surface area contributed by atoms with Gasteiger partial charge in [-0.2, -0.15) is 0 Å². The second-order valence-corrected chi connectivity index (χ2v) is 8.77. The molecule has 0 radical (unpaired) electrons. The molecular formula is C27H29N5O6. The number of aromatic nitrogens is 1. The topological polar surface area (TPSA) is 141 Å². The number of hydrogen-bond donors (Lipinski definition) is 3. The largest absolute Gasteiger partial charge is 0.469 e. The second kappa shape index (κ2) is 12.0. The van der Waals surface area contributed by atoms with Crippen LogP contribution in [0.25, 0.3) is 10.9 Å². The molecule has 0 aliphatic carbocycles. The van der Waals surface area contributed by atoms with Crippen LogP contribution >= 0.6 is 0 Å². The maximum absolute atomic E-state index is 13.1. The minimum Gasteiger partial charge on any atom is -0.469 e. The molecule has 0 bridgehead atoms. The first-order valence-electron chi connectivity index (χ1n) is 12.3. The number of methoxy groups -OCH3 is 1. The molecule has 1 saturated heterocycles. The molecule has 4 rings (SSSR count). The minimum absolute atomic E-state index is 0.104. The fourth-order valence-corrected chi connectivity index (χ4v) is 4.28. The standard InChI is InChI=1S/C27H29N5O6/c1-38-22(33)11-6-12-28-27(37)30-21-10-5-9-19-20(17-29-23(19)21)24(34)26(36)32-15-13-31(14-16-32)25(35)18-7-3-2-4-8-18/h2-5,7-10,17,29H,6,11-16H2,1H3,(H2,28,30,37). The van der Waals surface area contributed by atoms with Gasteiger partial charge in [-0.3, -0.25) is 19.2 Å². The van der Waals surface area contributed by atoms with Crippen LogP contribution < -0.4 is 10.6 Å². The summed E-state index contributed by atoms with van der Waals surface area (Å²) in [5.74, 6) is -1.76. The van der Waals surface area contributed by atoms with Crippen LogP contribution in [0.4, 0.5) is 10.5 Å². The van der Waals surface area contributed by atoms with E-state index in [0.717, 1.165) is 0 Å². The van der Waals surface area contributed by atoms with Crippen molar-refractivity contribution in [1.82, 2.24) is 20.1 Å². The van der Waals surface area contributed by atoms with E-state index in [4.69, 9.17) is 0 Å². The van der Waals surface area contributed by atoms with Crippen molar-refractivity contribution >= 4 is 46.2 Å². The summed E-state index contributed by atoms with van der Waals surface area (Å²) < 4.78 is 4.57. The van der Waals surface area contributed by atoms with E-state index in [-0.39, 0.29) is 43.5 Å². The van der Waals surface area contributed by atoms with Crippen molar-refractivity contribution in [2.45, 2.75) is 12.8 Å². The highest BCUT2D eigenvalue weighted by Gasteiger charge is 2.30. The molecule has 11 heteroatoms. The number of rotatable bonds is 8. The predicted molar refractivity (Wildman–Crippen MR) is 140 cm³/mol. The number of carbonyl (C=O) groups excluding carboxylic acids is 5. The van der Waals surface area contributed by atoms with E-state index in [9.17, 15) is 24.0 Å². The molecule has 3 aromatic rings. The van der Waals surface area contributed by atoms with Crippen molar-refractivity contribution in [2.24, 2.45) is 0 Å². The summed E-state index contributed by atoms with van der Waals surface area (Å²) in [6, 6.07) is 13.5. The molecule has 4 amide bonds. The summed E-state index contributed by atoms with van der Waals surface area (Å²) in [7, 11) is 1.31. The predicted octanol–water partition coefficient (Wildman–Crippen LogP) is 2.41. The van der Waals surface area contributed by atoms with Crippen molar-refractivity contribution in [3.8, 4) is 0 Å². The van der Waals surface area contributed by atoms with Gasteiger partial charge in [0.05, 0.1) is 23.9 Å². The van der Waals surface area contributed by atoms with Gasteiger partial charge in [0.2, 0.25) is 0 Å². The summed E-state index contributed by atoms with van der Waals surface area (Å²) in [5, 5.41) is 5.88. The molecule has 2 aromatic carbocycles. The van der Waals surface area contributed by atoms with Crippen molar-refractivity contribution < 1.29 is 28.7 Å². The van der Waals surface area contributed by atoms with E-state index in [0.29, 0.717) is 41.7 Å². The molecule has 1 aliphatic heterocycles. The summed E-state index contributed by atoms with van der Waals surface area (Å²) >= 11 is 0. The number of anilines is 1. The fourth-order valence-electron chi connectivity index (χ4n) is 4.28. The number of H-pyrrole nitrogens is 1. The van der Waals surface area contributed by atoms with E-state index in [1.54, 1.807) is 47.4 Å². The average Bonchev–Trinajstić information content (AvgIpc) is 3.40. The maximum atomic E-state index is 13.1. The third kappa shape index (κ3) is 6.00. The number of Topliss-reactive ketones (excluding diaryl/α,β-unsaturated/α-hetero) is 1. The molecule has 3 N–H and O–H groups in total. The van der Waals surface area contributed by atoms with Crippen LogP contribution in [0.5, 0.6) is 0 Å². The van der Waals surface area contributed by atoms with Crippen LogP contribution in [0.15, 0.2) is 54.7 Å². The van der Waals surface area contributed by atoms with E-state index >= 15 is 0 Å². The van der Waals surface area contributed by atoms with E-state index in [2.05, 4.69) is 20.4 Å². The van der Waals surface area contributed by atoms with Crippen LogP contribution in [0.1, 0.15) is 33.6 Å². The molecule has 1 aliphatic rings. The molecule has 198 valence electrons. The first kappa shape index (κ1) is 26.4. The highest BCUT2D eigenvalue weighted by molar-refractivity contribution is 6.45. The quantitative estimate of drug-likeness (QED) is 0.181. The van der Waals surface area contributed by atoms with Crippen LogP contribution in [0.3, 0.4) is 0 Å². The zero-order valence-corrected chi connectivity index (χ0v) is 21.0. The Morgan fingerprint density at radius 1 is 0.921 bits per heavy atom. The summed E-state index contributed by atoms with van der Waals surface area (Å²) in [4.78, 5) is 68.4. The monoisotopic (exact) mass is 519 g/mol. The van der Waals surface area contributed by atoms with Crippen LogP contribution in [0.2, 0.25) is 0 Å². The number of piperazine rings is 1. The van der Waals surface area contributed by atoms with Gasteiger partial charge in [-0.1, -0.05) is 30.3 Å². The summed E-state index contributed by atoms with van der Waals surface area (Å²) in [5.41, 5.74) is 1.73. The Kier molecular flexibility index (Phi) is 8.37. The molecule has 1 aromatic heterocycles. The van der Waals surface area contributed by atoms with E-state index < -0.39 is 17.7 Å². The molecule has 0 spiro atoms. The van der Waals surface area contributed by atoms with Crippen molar-refractivity contribution in [3.05, 3.63) is 65.9 Å². The number of fused-ring (bicyclic) bond motifs is 1. The lowest BCUT2D eigenvalue weighted by atomic mass is 10.1. The average molecular weight is 520 g/mol. The number of benzene rings is 2. The zero-order valence-electron chi connectivity index (χ0n) is 21.0. The van der Waals surface area contributed by atoms with Gasteiger partial charge in [-0.15, -0.1) is 0 Å². The Labute approximate surface area is 219 Å². The fraction of sp³-hybridized carbons (Fsp3) is 0.296. The third-order valence-corrected chi connectivity index (χ3v) is 6.35. The highest BCUT2D eigenvalue weighted by Crippen LogP contribution is 2.26. The van der Waals surface area contributed by atoms with Crippen molar-refractivity contribution in [2.75, 3.05) is 45.2 Å². The molecular weight excluding hydrogens is 490 g/mol. The van der Waals surface area contributed by atoms with Gasteiger partial charge >= 0.3 is 12.0 Å². The van der Waals surface area contributed by atoms with Crippen LogP contribution in [0, 0.1) is 0 Å². The number of amides is 4. The molecule has 38 heavy (non-hydrogen) atoms. The first-order valence-corrected chi connectivity index (χ1v) is 12.3. The Hall–Kier alpha value is -4.67. The van der Waals surface area contributed by atoms with Gasteiger partial charge in [0, 0.05) is 56.3 Å². The van der Waals surface area contributed by atoms with Gasteiger partial charge in [0.1, 0.15) is 0 Å². The molecule has 1 fully saturated rings. The zero-order chi connectivity index (χ0) is 27.1. The molecule has 2 heterocycles. The molecule has 0 unspecified atom stereocenters. The SMILES string of the molecule is COC(=O)CCCNC(=O)Nc1cccc2c(C(=O)C(=O)N3CCN(C(=O)c4ccccc4)CC3)c[nH]c12. The van der Waals surface area contributed by atoms with Gasteiger partial charge in [-0.05, 0) is 24.6 Å². The minimum atomic E-state index is -0.663. The van der Waals surface area contributed by atoms with Crippen molar-refractivity contribution in [1.29, 1.82) is 0 Å². The molecule has 11 nitrogen and oxygen atoms in total. The number of nitrogens with one attached hydrogen (secondary N) is 3. The van der Waals surface area contributed by atoms with Crippen LogP contribution in [-0.2, 0) is 14.3 Å². The number of ketones is 1. The van der Waals surface area contributed by atoms with Crippen molar-refractivity contribution in [3.63, 3.8) is 0 Å².